The van der Waals surface area contributed by atoms with E-state index in [-0.39, 0.29) is 30.0 Å². The van der Waals surface area contributed by atoms with E-state index in [9.17, 15) is 29.7 Å². The highest BCUT2D eigenvalue weighted by Gasteiger charge is 2.20. The van der Waals surface area contributed by atoms with Gasteiger partial charge in [0, 0.05) is 21.5 Å². The standard InChI is InChI=1S/C21H19BrN4O3S.C16H10BrN3O2S.C5H11NO2/c1-3-29-20(28)13(2)25-19(27)12-30-21-24-11-18(22)26(21)17-9-8-14(10-23)15-6-4-5-7-16(15)17;17-14-8-19-16(23-9-15(21)22)20(14)13-6-5-10(7-18)11-3-1-2-4-12(11)13;1-3-8-5(7)4(2)6/h4-9,11,13H,3,12H2,1-2H3,(H,25,27);1-6,8H,9H2,(H,21,22);4H,3,6H2,1-2H3. The first-order valence-electron chi connectivity index (χ1n) is 18.4. The first-order chi connectivity index (χ1) is 29.3. The molecule has 0 aliphatic heterocycles. The fourth-order valence-electron chi connectivity index (χ4n) is 5.56. The van der Waals surface area contributed by atoms with Crippen LogP contribution in [0.1, 0.15) is 38.8 Å². The van der Waals surface area contributed by atoms with Crippen LogP contribution in [0.4, 0.5) is 0 Å². The summed E-state index contributed by atoms with van der Waals surface area (Å²) in [6, 6.07) is 25.7. The van der Waals surface area contributed by atoms with Crippen molar-refractivity contribution in [2.45, 2.75) is 50.1 Å². The second-order valence-corrected chi connectivity index (χ2v) is 16.0. The van der Waals surface area contributed by atoms with Gasteiger partial charge in [0.2, 0.25) is 5.91 Å². The summed E-state index contributed by atoms with van der Waals surface area (Å²) in [5.41, 5.74) is 8.02. The van der Waals surface area contributed by atoms with Crippen LogP contribution in [0.15, 0.2) is 105 Å². The van der Waals surface area contributed by atoms with Crippen LogP contribution >= 0.6 is 55.4 Å². The number of carbonyl (C=O) groups is 4. The number of imidazole rings is 2. The molecule has 2 unspecified atom stereocenters. The predicted molar refractivity (Wildman–Crippen MR) is 241 cm³/mol. The molecule has 6 rings (SSSR count). The molecule has 0 radical (unpaired) electrons. The van der Waals surface area contributed by atoms with Crippen molar-refractivity contribution in [2.24, 2.45) is 5.73 Å². The highest BCUT2D eigenvalue weighted by molar-refractivity contribution is 9.10. The Labute approximate surface area is 376 Å². The molecular weight excluding hydrogens is 952 g/mol. The number of rotatable bonds is 13. The average molecular weight is 993 g/mol. The molecule has 2 heterocycles. The van der Waals surface area contributed by atoms with E-state index in [0.717, 1.165) is 53.9 Å². The number of hydrogen-bond donors (Lipinski definition) is 3. The molecule has 0 saturated heterocycles. The number of esters is 2. The second-order valence-electron chi connectivity index (χ2n) is 12.5. The highest BCUT2D eigenvalue weighted by atomic mass is 79.9. The number of nitrogens with zero attached hydrogens (tertiary/aromatic N) is 6. The lowest BCUT2D eigenvalue weighted by molar-refractivity contribution is -0.146. The molecule has 15 nitrogen and oxygen atoms in total. The van der Waals surface area contributed by atoms with Crippen LogP contribution in [-0.4, -0.2) is 84.8 Å². The largest absolute Gasteiger partial charge is 0.481 e. The van der Waals surface area contributed by atoms with Crippen LogP contribution in [0, 0.1) is 22.7 Å². The number of nitrogens with one attached hydrogen (secondary N) is 1. The van der Waals surface area contributed by atoms with Crippen molar-refractivity contribution in [1.29, 1.82) is 10.5 Å². The highest BCUT2D eigenvalue weighted by Crippen LogP contribution is 2.34. The Morgan fingerprint density at radius 2 is 1.16 bits per heavy atom. The number of benzene rings is 4. The lowest BCUT2D eigenvalue weighted by Gasteiger charge is -2.14. The molecule has 61 heavy (non-hydrogen) atoms. The Morgan fingerprint density at radius 3 is 1.56 bits per heavy atom. The number of amides is 1. The Bertz CT molecular complexity index is 2620. The maximum absolute atomic E-state index is 12.3. The number of carbonyl (C=O) groups excluding carboxylic acids is 3. The lowest BCUT2D eigenvalue weighted by atomic mass is 10.0. The van der Waals surface area contributed by atoms with Crippen LogP contribution in [0.5, 0.6) is 0 Å². The predicted octanol–water partition coefficient (Wildman–Crippen LogP) is 7.55. The van der Waals surface area contributed by atoms with Gasteiger partial charge in [0.1, 0.15) is 21.3 Å². The molecule has 316 valence electrons. The fraction of sp³-hybridized carbons (Fsp3) is 0.238. The molecule has 0 fully saturated rings. The van der Waals surface area contributed by atoms with Gasteiger partial charge in [-0.2, -0.15) is 10.5 Å². The molecule has 0 spiro atoms. The number of thioether (sulfide) groups is 2. The van der Waals surface area contributed by atoms with Crippen molar-refractivity contribution in [3.63, 3.8) is 0 Å². The van der Waals surface area contributed by atoms with Gasteiger partial charge < -0.3 is 25.6 Å². The topological polar surface area (TPSA) is 228 Å². The quantitative estimate of drug-likeness (QED) is 0.0750. The number of nitrogens with two attached hydrogens (primary N) is 1. The molecular formula is C42H40Br2N8O7S2. The summed E-state index contributed by atoms with van der Waals surface area (Å²) < 4.78 is 14.6. The summed E-state index contributed by atoms with van der Waals surface area (Å²) in [7, 11) is 0. The van der Waals surface area contributed by atoms with Crippen molar-refractivity contribution in [3.05, 3.63) is 106 Å². The van der Waals surface area contributed by atoms with Crippen molar-refractivity contribution >= 4 is 101 Å². The van der Waals surface area contributed by atoms with Crippen molar-refractivity contribution in [1.82, 2.24) is 24.4 Å². The Hall–Kier alpha value is -5.70. The third-order valence-corrected chi connectivity index (χ3v) is 11.2. The molecule has 0 aliphatic rings. The zero-order valence-electron chi connectivity index (χ0n) is 33.3. The number of nitriles is 2. The van der Waals surface area contributed by atoms with Gasteiger partial charge in [-0.25, -0.2) is 14.8 Å². The van der Waals surface area contributed by atoms with Crippen molar-refractivity contribution < 1.29 is 33.8 Å². The molecule has 4 N–H and O–H groups in total. The van der Waals surface area contributed by atoms with Gasteiger partial charge >= 0.3 is 17.9 Å². The van der Waals surface area contributed by atoms with E-state index >= 15 is 0 Å². The molecule has 2 atom stereocenters. The van der Waals surface area contributed by atoms with Gasteiger partial charge in [-0.1, -0.05) is 72.1 Å². The minimum atomic E-state index is -0.898. The van der Waals surface area contributed by atoms with E-state index in [1.807, 2.05) is 69.8 Å². The lowest BCUT2D eigenvalue weighted by Crippen LogP contribution is -2.40. The molecule has 4 aromatic carbocycles. The second kappa shape index (κ2) is 23.3. The van der Waals surface area contributed by atoms with Gasteiger partial charge in [0.05, 0.1) is 71.8 Å². The number of aliphatic carboxylic acids is 1. The smallest absolute Gasteiger partial charge is 0.328 e. The number of aromatic nitrogens is 4. The zero-order valence-corrected chi connectivity index (χ0v) is 38.1. The van der Waals surface area contributed by atoms with Gasteiger partial charge in [-0.15, -0.1) is 0 Å². The summed E-state index contributed by atoms with van der Waals surface area (Å²) in [5.74, 6) is -1.99. The van der Waals surface area contributed by atoms with Gasteiger partial charge in [0.25, 0.3) is 0 Å². The molecule has 6 aromatic rings. The molecule has 19 heteroatoms. The monoisotopic (exact) mass is 990 g/mol. The van der Waals surface area contributed by atoms with Crippen LogP contribution in [0.3, 0.4) is 0 Å². The number of carboxylic acids is 1. The third kappa shape index (κ3) is 12.7. The maximum atomic E-state index is 12.3. The van der Waals surface area contributed by atoms with Gasteiger partial charge in [-0.05, 0) is 83.8 Å². The SMILES string of the molecule is CCOC(=O)C(C)N.CCOC(=O)C(C)NC(=O)CSc1ncc(Br)n1-c1ccc(C#N)c2ccccc12.N#Cc1ccc(-n2c(Br)cnc2SCC(=O)O)c2ccccc12. The summed E-state index contributed by atoms with van der Waals surface area (Å²) in [6.45, 7) is 7.31. The average Bonchev–Trinajstić information content (AvgIpc) is 3.82. The van der Waals surface area contributed by atoms with Crippen LogP contribution < -0.4 is 11.1 Å². The van der Waals surface area contributed by atoms with Gasteiger partial charge in [-0.3, -0.25) is 23.5 Å². The van der Waals surface area contributed by atoms with E-state index in [0.29, 0.717) is 28.0 Å². The van der Waals surface area contributed by atoms with Crippen molar-refractivity contribution in [2.75, 3.05) is 24.7 Å². The molecule has 0 bridgehead atoms. The maximum Gasteiger partial charge on any atom is 0.328 e. The Morgan fingerprint density at radius 1 is 0.738 bits per heavy atom. The molecule has 0 saturated carbocycles. The van der Waals surface area contributed by atoms with E-state index in [1.54, 1.807) is 52.2 Å². The minimum absolute atomic E-state index is 0.0718. The van der Waals surface area contributed by atoms with E-state index < -0.39 is 24.0 Å². The van der Waals surface area contributed by atoms with Crippen LogP contribution in [0.2, 0.25) is 0 Å². The Kier molecular flexibility index (Phi) is 18.4. The fourth-order valence-corrected chi connectivity index (χ4v) is 8.22. The summed E-state index contributed by atoms with van der Waals surface area (Å²) in [4.78, 5) is 53.8. The molecule has 2 aromatic heterocycles. The minimum Gasteiger partial charge on any atom is -0.481 e. The Balaban J connectivity index is 0.000000233. The first-order valence-corrected chi connectivity index (χ1v) is 22.0. The summed E-state index contributed by atoms with van der Waals surface area (Å²) >= 11 is 9.37. The zero-order chi connectivity index (χ0) is 44.6. The van der Waals surface area contributed by atoms with Crippen molar-refractivity contribution in [3.8, 4) is 23.5 Å². The number of hydrogen-bond acceptors (Lipinski definition) is 13. The number of ether oxygens (including phenoxy) is 2. The van der Waals surface area contributed by atoms with E-state index in [1.165, 1.54) is 11.8 Å². The number of halogens is 2. The van der Waals surface area contributed by atoms with E-state index in [4.69, 9.17) is 15.6 Å². The number of fused-ring (bicyclic) bond motifs is 2. The van der Waals surface area contributed by atoms with Crippen LogP contribution in [-0.2, 0) is 28.7 Å². The summed E-state index contributed by atoms with van der Waals surface area (Å²) in [5, 5.41) is 34.8. The van der Waals surface area contributed by atoms with Gasteiger partial charge in [0.15, 0.2) is 10.3 Å². The van der Waals surface area contributed by atoms with E-state index in [2.05, 4.69) is 64.0 Å². The third-order valence-electron chi connectivity index (χ3n) is 8.23. The molecule has 1 amide bonds. The summed E-state index contributed by atoms with van der Waals surface area (Å²) in [6.07, 6.45) is 3.30. The first kappa shape index (κ1) is 48.0. The molecule has 0 aliphatic carbocycles. The van der Waals surface area contributed by atoms with Crippen LogP contribution in [0.25, 0.3) is 32.9 Å². The normalized spacial score (nSPS) is 11.4. The number of carboxylic acid groups (broad SMARTS) is 1.